The van der Waals surface area contributed by atoms with Crippen LogP contribution in [0.1, 0.15) is 6.42 Å². The van der Waals surface area contributed by atoms with Gasteiger partial charge in [0.15, 0.2) is 0 Å². The summed E-state index contributed by atoms with van der Waals surface area (Å²) in [7, 11) is 1.69. The lowest BCUT2D eigenvalue weighted by Crippen LogP contribution is -2.37. The Morgan fingerprint density at radius 2 is 1.83 bits per heavy atom. The summed E-state index contributed by atoms with van der Waals surface area (Å²) in [5, 5.41) is 7.50. The summed E-state index contributed by atoms with van der Waals surface area (Å²) < 4.78 is 0. The highest BCUT2D eigenvalue weighted by Crippen LogP contribution is 1.77. The first-order valence-corrected chi connectivity index (χ1v) is 3.58. The average Bonchev–Trinajstić information content (AvgIpc) is 2.01. The zero-order chi connectivity index (χ0) is 9.40. The molecule has 70 valence electrons. The molecule has 0 bridgehead atoms. The van der Waals surface area contributed by atoms with Crippen LogP contribution in [-0.2, 0) is 9.59 Å². The van der Waals surface area contributed by atoms with Crippen molar-refractivity contribution in [1.29, 1.82) is 0 Å². The quantitative estimate of drug-likeness (QED) is 0.278. The number of rotatable bonds is 5. The third kappa shape index (κ3) is 5.63. The monoisotopic (exact) mass is 174 g/mol. The molecule has 0 fully saturated rings. The van der Waals surface area contributed by atoms with Crippen LogP contribution in [0, 0.1) is 0 Å². The number of hydrogen-bond donors (Lipinski definition) is 4. The van der Waals surface area contributed by atoms with E-state index in [9.17, 15) is 9.59 Å². The summed E-state index contributed by atoms with van der Waals surface area (Å²) >= 11 is 0. The van der Waals surface area contributed by atoms with Crippen LogP contribution in [0.15, 0.2) is 0 Å². The first-order chi connectivity index (χ1) is 5.70. The van der Waals surface area contributed by atoms with Gasteiger partial charge >= 0.3 is 0 Å². The fraction of sp³-hybridized carbons (Fsp3) is 0.667. The topological polar surface area (TPSA) is 96.2 Å². The average molecular weight is 174 g/mol. The zero-order valence-corrected chi connectivity index (χ0v) is 7.02. The molecular weight excluding hydrogens is 160 g/mol. The summed E-state index contributed by atoms with van der Waals surface area (Å²) in [4.78, 5) is 21.6. The molecule has 0 atom stereocenters. The maximum atomic E-state index is 10.8. The Morgan fingerprint density at radius 1 is 1.25 bits per heavy atom. The van der Waals surface area contributed by atoms with Gasteiger partial charge in [0.25, 0.3) is 0 Å². The van der Waals surface area contributed by atoms with Crippen LogP contribution in [0.5, 0.6) is 0 Å². The summed E-state index contributed by atoms with van der Waals surface area (Å²) in [6.45, 7) is 0.410. The number of carbonyl (C=O) groups is 2. The fourth-order valence-corrected chi connectivity index (χ4v) is 0.572. The molecule has 0 aliphatic carbocycles. The van der Waals surface area contributed by atoms with Crippen molar-refractivity contribution < 1.29 is 9.59 Å². The van der Waals surface area contributed by atoms with Gasteiger partial charge in [-0.15, -0.1) is 0 Å². The summed E-state index contributed by atoms with van der Waals surface area (Å²) in [5.41, 5.74) is 5.03. The van der Waals surface area contributed by atoms with Crippen LogP contribution >= 0.6 is 0 Å². The molecule has 0 radical (unpaired) electrons. The molecule has 0 unspecified atom stereocenters. The minimum atomic E-state index is -0.369. The van der Waals surface area contributed by atoms with Crippen molar-refractivity contribution in [2.75, 3.05) is 20.4 Å². The van der Waals surface area contributed by atoms with E-state index in [2.05, 4.69) is 16.0 Å². The molecule has 0 spiro atoms. The molecule has 6 heteroatoms. The largest absolute Gasteiger partial charge is 0.343 e. The molecule has 0 aromatic rings. The van der Waals surface area contributed by atoms with E-state index >= 15 is 0 Å². The van der Waals surface area contributed by atoms with Gasteiger partial charge < -0.3 is 21.7 Å². The van der Waals surface area contributed by atoms with Crippen molar-refractivity contribution >= 4 is 11.8 Å². The van der Waals surface area contributed by atoms with Crippen molar-refractivity contribution in [1.82, 2.24) is 16.0 Å². The summed E-state index contributed by atoms with van der Waals surface area (Å²) in [5.74, 6) is -0.693. The molecular formula is C6H14N4O2. The second-order valence-electron chi connectivity index (χ2n) is 2.11. The van der Waals surface area contributed by atoms with Crippen molar-refractivity contribution in [3.8, 4) is 0 Å². The lowest BCUT2D eigenvalue weighted by atomic mass is 10.4. The smallest absolute Gasteiger partial charge is 0.230 e. The molecule has 0 aromatic heterocycles. The third-order valence-corrected chi connectivity index (χ3v) is 1.08. The molecule has 0 aromatic carbocycles. The Balaban J connectivity index is 3.47. The molecule has 0 aliphatic rings. The van der Waals surface area contributed by atoms with E-state index in [0.717, 1.165) is 0 Å². The first kappa shape index (κ1) is 10.9. The zero-order valence-electron chi connectivity index (χ0n) is 7.02. The molecule has 12 heavy (non-hydrogen) atoms. The Kier molecular flexibility index (Phi) is 5.94. The van der Waals surface area contributed by atoms with E-state index in [1.54, 1.807) is 7.05 Å². The standard InChI is InChI=1S/C6H14N4O2/c1-8-4-10-6(12)2-5(11)9-3-7/h8H,2-4,7H2,1H3,(H,9,11)(H,10,12). The Bertz CT molecular complexity index is 160. The van der Waals surface area contributed by atoms with Crippen LogP contribution in [0.3, 0.4) is 0 Å². The number of carbonyl (C=O) groups excluding carboxylic acids is 2. The summed E-state index contributed by atoms with van der Waals surface area (Å²) in [6, 6.07) is 0. The Labute approximate surface area is 70.9 Å². The van der Waals surface area contributed by atoms with Gasteiger partial charge in [0.05, 0.1) is 13.3 Å². The molecule has 2 amide bonds. The minimum Gasteiger partial charge on any atom is -0.343 e. The Morgan fingerprint density at radius 3 is 2.33 bits per heavy atom. The SMILES string of the molecule is CNCNC(=O)CC(=O)NCN. The second-order valence-corrected chi connectivity index (χ2v) is 2.11. The van der Waals surface area contributed by atoms with Crippen molar-refractivity contribution in [2.24, 2.45) is 5.73 Å². The predicted molar refractivity (Wildman–Crippen MR) is 43.9 cm³/mol. The maximum absolute atomic E-state index is 10.8. The predicted octanol–water partition coefficient (Wildman–Crippen LogP) is -2.30. The highest BCUT2D eigenvalue weighted by molar-refractivity contribution is 5.96. The highest BCUT2D eigenvalue weighted by Gasteiger charge is 2.06. The van der Waals surface area contributed by atoms with Crippen LogP contribution in [-0.4, -0.2) is 32.2 Å². The minimum absolute atomic E-state index is 0.0537. The number of nitrogens with one attached hydrogen (secondary N) is 3. The van der Waals surface area contributed by atoms with E-state index in [1.807, 2.05) is 0 Å². The van der Waals surface area contributed by atoms with E-state index in [-0.39, 0.29) is 24.9 Å². The van der Waals surface area contributed by atoms with Crippen molar-refractivity contribution in [3.05, 3.63) is 0 Å². The molecule has 0 saturated carbocycles. The third-order valence-electron chi connectivity index (χ3n) is 1.08. The lowest BCUT2D eigenvalue weighted by Gasteiger charge is -2.03. The molecule has 6 nitrogen and oxygen atoms in total. The molecule has 0 heterocycles. The van der Waals surface area contributed by atoms with Crippen molar-refractivity contribution in [3.63, 3.8) is 0 Å². The van der Waals surface area contributed by atoms with Gasteiger partial charge in [-0.05, 0) is 7.05 Å². The lowest BCUT2D eigenvalue weighted by molar-refractivity contribution is -0.129. The molecule has 5 N–H and O–H groups in total. The van der Waals surface area contributed by atoms with E-state index in [4.69, 9.17) is 5.73 Å². The van der Waals surface area contributed by atoms with E-state index < -0.39 is 0 Å². The van der Waals surface area contributed by atoms with E-state index in [0.29, 0.717) is 6.67 Å². The number of hydrogen-bond acceptors (Lipinski definition) is 4. The van der Waals surface area contributed by atoms with Crippen LogP contribution in [0.25, 0.3) is 0 Å². The maximum Gasteiger partial charge on any atom is 0.230 e. The van der Waals surface area contributed by atoms with Crippen LogP contribution in [0.2, 0.25) is 0 Å². The van der Waals surface area contributed by atoms with Gasteiger partial charge in [-0.3, -0.25) is 9.59 Å². The van der Waals surface area contributed by atoms with Gasteiger partial charge in [-0.2, -0.15) is 0 Å². The van der Waals surface area contributed by atoms with Gasteiger partial charge in [0.1, 0.15) is 6.42 Å². The number of amides is 2. The first-order valence-electron chi connectivity index (χ1n) is 3.58. The van der Waals surface area contributed by atoms with Crippen LogP contribution < -0.4 is 21.7 Å². The fourth-order valence-electron chi connectivity index (χ4n) is 0.572. The van der Waals surface area contributed by atoms with Gasteiger partial charge in [-0.25, -0.2) is 0 Å². The molecule has 0 aliphatic heterocycles. The van der Waals surface area contributed by atoms with Gasteiger partial charge in [-0.1, -0.05) is 0 Å². The number of nitrogens with two attached hydrogens (primary N) is 1. The molecule has 0 saturated heterocycles. The van der Waals surface area contributed by atoms with Gasteiger partial charge in [0, 0.05) is 0 Å². The van der Waals surface area contributed by atoms with Crippen molar-refractivity contribution in [2.45, 2.75) is 6.42 Å². The van der Waals surface area contributed by atoms with Gasteiger partial charge in [0.2, 0.25) is 11.8 Å². The van der Waals surface area contributed by atoms with E-state index in [1.165, 1.54) is 0 Å². The second kappa shape index (κ2) is 6.56. The van der Waals surface area contributed by atoms with Crippen LogP contribution in [0.4, 0.5) is 0 Å². The normalized spacial score (nSPS) is 9.17. The summed E-state index contributed by atoms with van der Waals surface area (Å²) in [6.07, 6.45) is -0.182. The Hall–Kier alpha value is -1.14. The highest BCUT2D eigenvalue weighted by atomic mass is 16.2. The molecule has 0 rings (SSSR count).